The Morgan fingerprint density at radius 2 is 2.28 bits per heavy atom. The first-order chi connectivity index (χ1) is 8.69. The summed E-state index contributed by atoms with van der Waals surface area (Å²) in [5, 5.41) is 8.77. The van der Waals surface area contributed by atoms with Crippen LogP contribution in [0.5, 0.6) is 0 Å². The van der Waals surface area contributed by atoms with Crippen LogP contribution in [0.25, 0.3) is 0 Å². The molecule has 0 radical (unpaired) electrons. The van der Waals surface area contributed by atoms with Gasteiger partial charge in [0.25, 0.3) is 0 Å². The average molecular weight is 248 g/mol. The van der Waals surface area contributed by atoms with Crippen molar-refractivity contribution in [1.82, 2.24) is 0 Å². The van der Waals surface area contributed by atoms with E-state index in [9.17, 15) is 4.39 Å². The molecule has 1 aliphatic rings. The quantitative estimate of drug-likeness (QED) is 0.894. The SMILES string of the molecule is N#Cc1ccc(F)c(COC2CCCC(N)C2)c1. The number of nitriles is 1. The van der Waals surface area contributed by atoms with E-state index in [-0.39, 0.29) is 24.6 Å². The van der Waals surface area contributed by atoms with Gasteiger partial charge in [-0.15, -0.1) is 0 Å². The number of benzene rings is 1. The van der Waals surface area contributed by atoms with Crippen molar-refractivity contribution >= 4 is 0 Å². The number of rotatable bonds is 3. The largest absolute Gasteiger partial charge is 0.373 e. The molecule has 1 fully saturated rings. The van der Waals surface area contributed by atoms with E-state index < -0.39 is 0 Å². The van der Waals surface area contributed by atoms with E-state index >= 15 is 0 Å². The second-order valence-electron chi connectivity index (χ2n) is 4.78. The molecule has 2 N–H and O–H groups in total. The fraction of sp³-hybridized carbons (Fsp3) is 0.500. The Morgan fingerprint density at radius 1 is 1.44 bits per heavy atom. The van der Waals surface area contributed by atoms with Crippen molar-refractivity contribution < 1.29 is 9.13 Å². The maximum absolute atomic E-state index is 13.5. The molecule has 0 saturated heterocycles. The minimum atomic E-state index is -0.325. The molecule has 2 unspecified atom stereocenters. The van der Waals surface area contributed by atoms with Gasteiger partial charge in [-0.2, -0.15) is 5.26 Å². The van der Waals surface area contributed by atoms with Crippen LogP contribution in [-0.2, 0) is 11.3 Å². The molecule has 96 valence electrons. The highest BCUT2D eigenvalue weighted by Crippen LogP contribution is 2.21. The van der Waals surface area contributed by atoms with E-state index in [2.05, 4.69) is 0 Å². The summed E-state index contributed by atoms with van der Waals surface area (Å²) in [6.45, 7) is 0.207. The van der Waals surface area contributed by atoms with Gasteiger partial charge in [0.2, 0.25) is 0 Å². The standard InChI is InChI=1S/C14H17FN2O/c15-14-5-4-10(8-16)6-11(14)9-18-13-3-1-2-12(17)7-13/h4-6,12-13H,1-3,7,9,17H2. The molecule has 0 heterocycles. The summed E-state index contributed by atoms with van der Waals surface area (Å²) in [5.41, 5.74) is 6.76. The predicted molar refractivity (Wildman–Crippen MR) is 66.1 cm³/mol. The summed E-state index contributed by atoms with van der Waals surface area (Å²) >= 11 is 0. The molecule has 0 aromatic heterocycles. The van der Waals surface area contributed by atoms with Gasteiger partial charge in [-0.25, -0.2) is 4.39 Å². The molecule has 0 spiro atoms. The number of halogens is 1. The van der Waals surface area contributed by atoms with Crippen LogP contribution < -0.4 is 5.73 Å². The van der Waals surface area contributed by atoms with Gasteiger partial charge < -0.3 is 10.5 Å². The van der Waals surface area contributed by atoms with Gasteiger partial charge in [0.05, 0.1) is 24.3 Å². The van der Waals surface area contributed by atoms with E-state index in [1.807, 2.05) is 6.07 Å². The number of ether oxygens (including phenoxy) is 1. The van der Waals surface area contributed by atoms with Gasteiger partial charge >= 0.3 is 0 Å². The molecule has 1 aromatic carbocycles. The van der Waals surface area contributed by atoms with Crippen LogP contribution >= 0.6 is 0 Å². The van der Waals surface area contributed by atoms with E-state index in [4.69, 9.17) is 15.7 Å². The molecule has 2 rings (SSSR count). The Balaban J connectivity index is 1.95. The molecule has 2 atom stereocenters. The van der Waals surface area contributed by atoms with Crippen molar-refractivity contribution in [2.24, 2.45) is 5.73 Å². The van der Waals surface area contributed by atoms with E-state index in [1.165, 1.54) is 18.2 Å². The highest BCUT2D eigenvalue weighted by Gasteiger charge is 2.20. The smallest absolute Gasteiger partial charge is 0.128 e. The van der Waals surface area contributed by atoms with E-state index in [0.717, 1.165) is 25.7 Å². The first kappa shape index (κ1) is 13.0. The van der Waals surface area contributed by atoms with Crippen LogP contribution in [0.15, 0.2) is 18.2 Å². The molecule has 1 aliphatic carbocycles. The first-order valence-corrected chi connectivity index (χ1v) is 6.24. The average Bonchev–Trinajstić information content (AvgIpc) is 2.38. The minimum Gasteiger partial charge on any atom is -0.373 e. The fourth-order valence-corrected chi connectivity index (χ4v) is 2.29. The molecule has 3 nitrogen and oxygen atoms in total. The zero-order valence-electron chi connectivity index (χ0n) is 10.2. The Kier molecular flexibility index (Phi) is 4.29. The lowest BCUT2D eigenvalue weighted by Gasteiger charge is -2.26. The van der Waals surface area contributed by atoms with Gasteiger partial charge in [0.15, 0.2) is 0 Å². The molecular formula is C14H17FN2O. The van der Waals surface area contributed by atoms with E-state index in [1.54, 1.807) is 0 Å². The minimum absolute atomic E-state index is 0.110. The highest BCUT2D eigenvalue weighted by molar-refractivity contribution is 5.33. The molecule has 4 heteroatoms. The van der Waals surface area contributed by atoms with Crippen molar-refractivity contribution in [3.05, 3.63) is 35.1 Å². The third-order valence-electron chi connectivity index (χ3n) is 3.32. The summed E-state index contributed by atoms with van der Waals surface area (Å²) in [6, 6.07) is 6.51. The summed E-state index contributed by atoms with van der Waals surface area (Å²) < 4.78 is 19.2. The topological polar surface area (TPSA) is 59.0 Å². The number of hydrogen-bond acceptors (Lipinski definition) is 3. The lowest BCUT2D eigenvalue weighted by Crippen LogP contribution is -2.32. The Labute approximate surface area is 106 Å². The summed E-state index contributed by atoms with van der Waals surface area (Å²) in [6.07, 6.45) is 4.02. The first-order valence-electron chi connectivity index (χ1n) is 6.24. The van der Waals surface area contributed by atoms with Crippen molar-refractivity contribution in [2.45, 2.75) is 44.4 Å². The van der Waals surface area contributed by atoms with Crippen molar-refractivity contribution in [2.75, 3.05) is 0 Å². The van der Waals surface area contributed by atoms with Crippen LogP contribution in [0.1, 0.15) is 36.8 Å². The zero-order valence-corrected chi connectivity index (χ0v) is 10.2. The van der Waals surface area contributed by atoms with Crippen LogP contribution in [0.2, 0.25) is 0 Å². The van der Waals surface area contributed by atoms with Crippen LogP contribution in [0.3, 0.4) is 0 Å². The Bertz CT molecular complexity index is 456. The third kappa shape index (κ3) is 3.28. The Hall–Kier alpha value is -1.44. The maximum Gasteiger partial charge on any atom is 0.128 e. The van der Waals surface area contributed by atoms with Crippen LogP contribution in [0, 0.1) is 17.1 Å². The lowest BCUT2D eigenvalue weighted by molar-refractivity contribution is 0.0110. The monoisotopic (exact) mass is 248 g/mol. The van der Waals surface area contributed by atoms with Crippen molar-refractivity contribution in [1.29, 1.82) is 5.26 Å². The molecule has 1 saturated carbocycles. The zero-order chi connectivity index (χ0) is 13.0. The molecular weight excluding hydrogens is 231 g/mol. The normalized spacial score (nSPS) is 23.6. The second-order valence-corrected chi connectivity index (χ2v) is 4.78. The number of hydrogen-bond donors (Lipinski definition) is 1. The van der Waals surface area contributed by atoms with Gasteiger partial charge in [-0.1, -0.05) is 0 Å². The van der Waals surface area contributed by atoms with Gasteiger partial charge in [-0.05, 0) is 43.9 Å². The van der Waals surface area contributed by atoms with Gasteiger partial charge in [0.1, 0.15) is 5.82 Å². The van der Waals surface area contributed by atoms with Crippen LogP contribution in [-0.4, -0.2) is 12.1 Å². The summed E-state index contributed by atoms with van der Waals surface area (Å²) in [4.78, 5) is 0. The maximum atomic E-state index is 13.5. The molecule has 0 bridgehead atoms. The van der Waals surface area contributed by atoms with E-state index in [0.29, 0.717) is 11.1 Å². The van der Waals surface area contributed by atoms with Gasteiger partial charge in [-0.3, -0.25) is 0 Å². The fourth-order valence-electron chi connectivity index (χ4n) is 2.29. The Morgan fingerprint density at radius 3 is 3.00 bits per heavy atom. The van der Waals surface area contributed by atoms with Crippen LogP contribution in [0.4, 0.5) is 4.39 Å². The predicted octanol–water partition coefficient (Wildman–Crippen LogP) is 2.48. The second kappa shape index (κ2) is 5.94. The summed E-state index contributed by atoms with van der Waals surface area (Å²) in [7, 11) is 0. The van der Waals surface area contributed by atoms with Crippen molar-refractivity contribution in [3.63, 3.8) is 0 Å². The molecule has 0 aliphatic heterocycles. The highest BCUT2D eigenvalue weighted by atomic mass is 19.1. The van der Waals surface area contributed by atoms with Gasteiger partial charge in [0, 0.05) is 11.6 Å². The molecule has 0 amide bonds. The summed E-state index contributed by atoms with van der Waals surface area (Å²) in [5.74, 6) is -0.325. The number of nitrogens with two attached hydrogens (primary N) is 1. The van der Waals surface area contributed by atoms with Crippen molar-refractivity contribution in [3.8, 4) is 6.07 Å². The molecule has 1 aromatic rings. The lowest BCUT2D eigenvalue weighted by atomic mass is 9.93. The number of nitrogens with zero attached hydrogens (tertiary/aromatic N) is 1. The third-order valence-corrected chi connectivity index (χ3v) is 3.32. The molecule has 18 heavy (non-hydrogen) atoms.